The van der Waals surface area contributed by atoms with Crippen molar-refractivity contribution in [1.29, 1.82) is 5.26 Å². The molecule has 3 rings (SSSR count). The lowest BCUT2D eigenvalue weighted by atomic mass is 10.0. The first-order valence-electron chi connectivity index (χ1n) is 9.30. The van der Waals surface area contributed by atoms with Crippen molar-refractivity contribution in [2.24, 2.45) is 0 Å². The summed E-state index contributed by atoms with van der Waals surface area (Å²) in [5.41, 5.74) is 3.75. The molecule has 0 unspecified atom stereocenters. The summed E-state index contributed by atoms with van der Waals surface area (Å²) in [5.74, 6) is -0.249. The topological polar surface area (TPSA) is 82.0 Å². The summed E-state index contributed by atoms with van der Waals surface area (Å²) in [6.45, 7) is 4.15. The van der Waals surface area contributed by atoms with Crippen LogP contribution in [-0.4, -0.2) is 11.8 Å². The van der Waals surface area contributed by atoms with E-state index in [4.69, 9.17) is 5.26 Å². The average Bonchev–Trinajstić information content (AvgIpc) is 2.74. The number of hydrogen-bond donors (Lipinski definition) is 2. The zero-order chi connectivity index (χ0) is 20.8. The van der Waals surface area contributed by atoms with Gasteiger partial charge in [0.1, 0.15) is 0 Å². The Morgan fingerprint density at radius 2 is 1.45 bits per heavy atom. The Labute approximate surface area is 170 Å². The van der Waals surface area contributed by atoms with Crippen molar-refractivity contribution in [3.63, 3.8) is 0 Å². The molecule has 0 atom stereocenters. The van der Waals surface area contributed by atoms with Crippen LogP contribution in [0.1, 0.15) is 51.6 Å². The summed E-state index contributed by atoms with van der Waals surface area (Å²) in [6.07, 6.45) is 0. The smallest absolute Gasteiger partial charge is 0.255 e. The Hall–Kier alpha value is -3.91. The lowest BCUT2D eigenvalue weighted by Gasteiger charge is -2.13. The summed E-state index contributed by atoms with van der Waals surface area (Å²) < 4.78 is 0. The highest BCUT2D eigenvalue weighted by atomic mass is 16.2. The van der Waals surface area contributed by atoms with Gasteiger partial charge in [0.05, 0.1) is 11.6 Å². The lowest BCUT2D eigenvalue weighted by molar-refractivity contribution is 0.101. The largest absolute Gasteiger partial charge is 0.322 e. The molecule has 0 radical (unpaired) electrons. The van der Waals surface area contributed by atoms with Gasteiger partial charge < -0.3 is 10.6 Å². The molecule has 0 spiro atoms. The number of para-hydroxylation sites is 1. The van der Waals surface area contributed by atoms with Crippen LogP contribution in [-0.2, 0) is 0 Å². The maximum Gasteiger partial charge on any atom is 0.255 e. The molecule has 2 amide bonds. The normalized spacial score (nSPS) is 10.3. The summed E-state index contributed by atoms with van der Waals surface area (Å²) in [4.78, 5) is 25.0. The van der Waals surface area contributed by atoms with E-state index in [1.54, 1.807) is 48.5 Å². The van der Waals surface area contributed by atoms with Gasteiger partial charge in [0.25, 0.3) is 11.8 Å². The molecule has 5 heteroatoms. The Kier molecular flexibility index (Phi) is 6.06. The van der Waals surface area contributed by atoms with Gasteiger partial charge in [-0.25, -0.2) is 0 Å². The molecular weight excluding hydrogens is 362 g/mol. The third kappa shape index (κ3) is 4.88. The number of anilines is 2. The molecule has 0 aliphatic heterocycles. The molecule has 3 aromatic rings. The van der Waals surface area contributed by atoms with Crippen molar-refractivity contribution in [2.75, 3.05) is 10.6 Å². The van der Waals surface area contributed by atoms with Crippen LogP contribution in [0.2, 0.25) is 0 Å². The molecule has 5 nitrogen and oxygen atoms in total. The minimum atomic E-state index is -0.308. The van der Waals surface area contributed by atoms with Gasteiger partial charge in [-0.2, -0.15) is 5.26 Å². The van der Waals surface area contributed by atoms with Crippen molar-refractivity contribution in [1.82, 2.24) is 0 Å². The number of hydrogen-bond acceptors (Lipinski definition) is 3. The molecule has 0 saturated heterocycles. The highest BCUT2D eigenvalue weighted by Crippen LogP contribution is 2.24. The fourth-order valence-electron chi connectivity index (χ4n) is 2.95. The van der Waals surface area contributed by atoms with Crippen LogP contribution in [0.4, 0.5) is 11.4 Å². The first-order chi connectivity index (χ1) is 14.0. The molecule has 2 N–H and O–H groups in total. The molecule has 29 heavy (non-hydrogen) atoms. The van der Waals surface area contributed by atoms with Gasteiger partial charge in [-0.3, -0.25) is 9.59 Å². The number of nitrogens with zero attached hydrogens (tertiary/aromatic N) is 1. The van der Waals surface area contributed by atoms with Crippen LogP contribution in [0.25, 0.3) is 0 Å². The molecule has 0 heterocycles. The Balaban J connectivity index is 1.70. The van der Waals surface area contributed by atoms with Gasteiger partial charge in [0, 0.05) is 22.5 Å². The second-order valence-corrected chi connectivity index (χ2v) is 6.92. The van der Waals surface area contributed by atoms with E-state index in [-0.39, 0.29) is 17.7 Å². The third-order valence-corrected chi connectivity index (χ3v) is 4.49. The highest BCUT2D eigenvalue weighted by molar-refractivity contribution is 6.07. The van der Waals surface area contributed by atoms with Crippen molar-refractivity contribution in [2.45, 2.75) is 19.8 Å². The SMILES string of the molecule is CC(C)c1ccccc1NC(=O)c1ccc(C(=O)Nc2cccc(C#N)c2)cc1. The maximum absolute atomic E-state index is 12.6. The first kappa shape index (κ1) is 19.8. The van der Waals surface area contributed by atoms with Gasteiger partial charge in [-0.05, 0) is 60.0 Å². The summed E-state index contributed by atoms with van der Waals surface area (Å²) in [5, 5.41) is 14.6. The number of nitrogens with one attached hydrogen (secondary N) is 2. The van der Waals surface area contributed by atoms with Gasteiger partial charge in [0.2, 0.25) is 0 Å². The van der Waals surface area contributed by atoms with Crippen molar-refractivity contribution in [3.05, 3.63) is 95.1 Å². The maximum atomic E-state index is 12.6. The van der Waals surface area contributed by atoms with E-state index in [9.17, 15) is 9.59 Å². The summed E-state index contributed by atoms with van der Waals surface area (Å²) in [7, 11) is 0. The first-order valence-corrected chi connectivity index (χ1v) is 9.30. The molecule has 0 bridgehead atoms. The Morgan fingerprint density at radius 3 is 2.07 bits per heavy atom. The molecule has 0 saturated carbocycles. The van der Waals surface area contributed by atoms with E-state index in [1.807, 2.05) is 30.3 Å². The van der Waals surface area contributed by atoms with E-state index < -0.39 is 0 Å². The predicted molar refractivity (Wildman–Crippen MR) is 114 cm³/mol. The third-order valence-electron chi connectivity index (χ3n) is 4.49. The molecular formula is C24H21N3O2. The molecule has 3 aromatic carbocycles. The number of nitriles is 1. The average molecular weight is 383 g/mol. The van der Waals surface area contributed by atoms with Crippen LogP contribution < -0.4 is 10.6 Å². The summed E-state index contributed by atoms with van der Waals surface area (Å²) in [6, 6.07) is 22.9. The van der Waals surface area contributed by atoms with Gasteiger partial charge in [0.15, 0.2) is 0 Å². The second kappa shape index (κ2) is 8.85. The van der Waals surface area contributed by atoms with Crippen molar-refractivity contribution < 1.29 is 9.59 Å². The number of carbonyl (C=O) groups excluding carboxylic acids is 2. The lowest BCUT2D eigenvalue weighted by Crippen LogP contribution is -2.15. The van der Waals surface area contributed by atoms with E-state index in [0.717, 1.165) is 11.3 Å². The molecule has 0 fully saturated rings. The van der Waals surface area contributed by atoms with Gasteiger partial charge in [-0.1, -0.05) is 38.1 Å². The molecule has 0 aliphatic carbocycles. The number of rotatable bonds is 5. The van der Waals surface area contributed by atoms with E-state index in [0.29, 0.717) is 22.4 Å². The quantitative estimate of drug-likeness (QED) is 0.636. The molecule has 0 aromatic heterocycles. The van der Waals surface area contributed by atoms with Crippen LogP contribution in [0.5, 0.6) is 0 Å². The predicted octanol–water partition coefficient (Wildman–Crippen LogP) is 5.19. The zero-order valence-corrected chi connectivity index (χ0v) is 16.3. The zero-order valence-electron chi connectivity index (χ0n) is 16.3. The van der Waals surface area contributed by atoms with Gasteiger partial charge >= 0.3 is 0 Å². The minimum absolute atomic E-state index is 0.230. The fourth-order valence-corrected chi connectivity index (χ4v) is 2.95. The Bertz CT molecular complexity index is 1080. The standard InChI is InChI=1S/C24H21N3O2/c1-16(2)21-8-3-4-9-22(21)27-24(29)19-12-10-18(11-13-19)23(28)26-20-7-5-6-17(14-20)15-25/h3-14,16H,1-2H3,(H,26,28)(H,27,29). The van der Waals surface area contributed by atoms with E-state index >= 15 is 0 Å². The minimum Gasteiger partial charge on any atom is -0.322 e. The van der Waals surface area contributed by atoms with Crippen LogP contribution in [0.3, 0.4) is 0 Å². The Morgan fingerprint density at radius 1 is 0.828 bits per heavy atom. The fraction of sp³-hybridized carbons (Fsp3) is 0.125. The second-order valence-electron chi connectivity index (χ2n) is 6.92. The van der Waals surface area contributed by atoms with E-state index in [2.05, 4.69) is 24.5 Å². The molecule has 0 aliphatic rings. The van der Waals surface area contributed by atoms with Crippen molar-refractivity contribution >= 4 is 23.2 Å². The highest BCUT2D eigenvalue weighted by Gasteiger charge is 2.12. The van der Waals surface area contributed by atoms with Crippen LogP contribution in [0, 0.1) is 11.3 Å². The van der Waals surface area contributed by atoms with Gasteiger partial charge in [-0.15, -0.1) is 0 Å². The summed E-state index contributed by atoms with van der Waals surface area (Å²) >= 11 is 0. The number of amides is 2. The number of benzene rings is 3. The van der Waals surface area contributed by atoms with Crippen molar-refractivity contribution in [3.8, 4) is 6.07 Å². The van der Waals surface area contributed by atoms with E-state index in [1.165, 1.54) is 0 Å². The molecule has 144 valence electrons. The number of carbonyl (C=O) groups is 2. The monoisotopic (exact) mass is 383 g/mol. The van der Waals surface area contributed by atoms with Crippen LogP contribution in [0.15, 0.2) is 72.8 Å². The van der Waals surface area contributed by atoms with Crippen LogP contribution >= 0.6 is 0 Å².